The molecule has 0 aromatic carbocycles. The lowest BCUT2D eigenvalue weighted by Crippen LogP contribution is -2.12. The van der Waals surface area contributed by atoms with E-state index < -0.39 is 0 Å². The SMILES string of the molecule is COC(=O)CCCCC(C)OCC(C)C. The van der Waals surface area contributed by atoms with Crippen LogP contribution >= 0.6 is 0 Å². The Hall–Kier alpha value is -0.570. The molecule has 0 aromatic heterocycles. The van der Waals surface area contributed by atoms with E-state index in [1.807, 2.05) is 0 Å². The van der Waals surface area contributed by atoms with Crippen LogP contribution in [0.2, 0.25) is 0 Å². The third-order valence-corrected chi connectivity index (χ3v) is 2.18. The summed E-state index contributed by atoms with van der Waals surface area (Å²) in [5, 5.41) is 0. The van der Waals surface area contributed by atoms with Crippen molar-refractivity contribution in [2.24, 2.45) is 5.92 Å². The van der Waals surface area contributed by atoms with Gasteiger partial charge in [0.15, 0.2) is 0 Å². The summed E-state index contributed by atoms with van der Waals surface area (Å²) >= 11 is 0. The lowest BCUT2D eigenvalue weighted by molar-refractivity contribution is -0.140. The minimum Gasteiger partial charge on any atom is -0.469 e. The quantitative estimate of drug-likeness (QED) is 0.462. The first kappa shape index (κ1) is 14.4. The molecule has 15 heavy (non-hydrogen) atoms. The molecule has 0 saturated heterocycles. The van der Waals surface area contributed by atoms with E-state index in [9.17, 15) is 4.79 Å². The monoisotopic (exact) mass is 216 g/mol. The van der Waals surface area contributed by atoms with Gasteiger partial charge in [-0.15, -0.1) is 0 Å². The Morgan fingerprint density at radius 2 is 1.87 bits per heavy atom. The fourth-order valence-electron chi connectivity index (χ4n) is 1.24. The van der Waals surface area contributed by atoms with Crippen LogP contribution < -0.4 is 0 Å². The summed E-state index contributed by atoms with van der Waals surface area (Å²) in [6.07, 6.45) is 3.75. The normalized spacial score (nSPS) is 12.9. The van der Waals surface area contributed by atoms with Crippen LogP contribution in [0.4, 0.5) is 0 Å². The van der Waals surface area contributed by atoms with Crippen molar-refractivity contribution < 1.29 is 14.3 Å². The molecule has 0 fully saturated rings. The second kappa shape index (κ2) is 8.72. The maximum absolute atomic E-state index is 10.8. The minimum absolute atomic E-state index is 0.120. The lowest BCUT2D eigenvalue weighted by atomic mass is 10.1. The zero-order valence-corrected chi connectivity index (χ0v) is 10.4. The van der Waals surface area contributed by atoms with E-state index >= 15 is 0 Å². The third-order valence-electron chi connectivity index (χ3n) is 2.18. The number of carbonyl (C=O) groups excluding carboxylic acids is 1. The van der Waals surface area contributed by atoms with Gasteiger partial charge in [-0.25, -0.2) is 0 Å². The Morgan fingerprint density at radius 3 is 2.40 bits per heavy atom. The van der Waals surface area contributed by atoms with Crippen molar-refractivity contribution in [1.29, 1.82) is 0 Å². The molecule has 3 nitrogen and oxygen atoms in total. The standard InChI is InChI=1S/C12H24O3/c1-10(2)9-15-11(3)7-5-6-8-12(13)14-4/h10-11H,5-9H2,1-4H3. The van der Waals surface area contributed by atoms with E-state index in [4.69, 9.17) is 4.74 Å². The van der Waals surface area contributed by atoms with Crippen molar-refractivity contribution in [3.8, 4) is 0 Å². The number of esters is 1. The van der Waals surface area contributed by atoms with E-state index in [1.54, 1.807) is 0 Å². The summed E-state index contributed by atoms with van der Waals surface area (Å²) in [7, 11) is 1.43. The number of carbonyl (C=O) groups is 1. The molecule has 0 rings (SSSR count). The predicted molar refractivity (Wildman–Crippen MR) is 60.7 cm³/mol. The highest BCUT2D eigenvalue weighted by Gasteiger charge is 2.05. The molecule has 0 radical (unpaired) electrons. The first-order valence-electron chi connectivity index (χ1n) is 5.74. The molecule has 0 amide bonds. The maximum Gasteiger partial charge on any atom is 0.305 e. The topological polar surface area (TPSA) is 35.5 Å². The highest BCUT2D eigenvalue weighted by molar-refractivity contribution is 5.68. The second-order valence-electron chi connectivity index (χ2n) is 4.36. The Bertz CT molecular complexity index is 166. The van der Waals surface area contributed by atoms with Gasteiger partial charge in [0.05, 0.1) is 13.2 Å². The van der Waals surface area contributed by atoms with Crippen LogP contribution in [-0.2, 0) is 14.3 Å². The van der Waals surface area contributed by atoms with Crippen molar-refractivity contribution >= 4 is 5.97 Å². The van der Waals surface area contributed by atoms with Crippen LogP contribution in [0.5, 0.6) is 0 Å². The van der Waals surface area contributed by atoms with Crippen molar-refractivity contribution in [2.45, 2.75) is 52.6 Å². The third kappa shape index (κ3) is 9.73. The molecule has 1 atom stereocenters. The smallest absolute Gasteiger partial charge is 0.305 e. The fraction of sp³-hybridized carbons (Fsp3) is 0.917. The van der Waals surface area contributed by atoms with Gasteiger partial charge in [0.25, 0.3) is 0 Å². The molecule has 3 heteroatoms. The molecule has 0 N–H and O–H groups in total. The maximum atomic E-state index is 10.8. The average molecular weight is 216 g/mol. The molecule has 0 bridgehead atoms. The molecule has 0 aliphatic rings. The summed E-state index contributed by atoms with van der Waals surface area (Å²) in [5.41, 5.74) is 0. The van der Waals surface area contributed by atoms with Crippen molar-refractivity contribution in [3.63, 3.8) is 0 Å². The molecule has 90 valence electrons. The molecule has 0 heterocycles. The first-order valence-corrected chi connectivity index (χ1v) is 5.74. The summed E-state index contributed by atoms with van der Waals surface area (Å²) in [5.74, 6) is 0.466. The summed E-state index contributed by atoms with van der Waals surface area (Å²) in [4.78, 5) is 10.8. The van der Waals surface area contributed by atoms with Crippen LogP contribution in [0.25, 0.3) is 0 Å². The van der Waals surface area contributed by atoms with Crippen molar-refractivity contribution in [1.82, 2.24) is 0 Å². The fourth-order valence-corrected chi connectivity index (χ4v) is 1.24. The Kier molecular flexibility index (Phi) is 8.38. The van der Waals surface area contributed by atoms with Crippen LogP contribution in [0, 0.1) is 5.92 Å². The number of hydrogen-bond acceptors (Lipinski definition) is 3. The highest BCUT2D eigenvalue weighted by atomic mass is 16.5. The molecule has 0 spiro atoms. The van der Waals surface area contributed by atoms with Crippen LogP contribution in [0.3, 0.4) is 0 Å². The molecular formula is C12H24O3. The summed E-state index contributed by atoms with van der Waals surface area (Å²) < 4.78 is 10.2. The zero-order valence-electron chi connectivity index (χ0n) is 10.4. The van der Waals surface area contributed by atoms with Crippen molar-refractivity contribution in [3.05, 3.63) is 0 Å². The molecule has 0 saturated carbocycles. The molecule has 0 aliphatic carbocycles. The average Bonchev–Trinajstić information content (AvgIpc) is 2.21. The van der Waals surface area contributed by atoms with E-state index in [0.29, 0.717) is 18.4 Å². The van der Waals surface area contributed by atoms with Gasteiger partial charge in [0.1, 0.15) is 0 Å². The number of rotatable bonds is 8. The molecular weight excluding hydrogens is 192 g/mol. The van der Waals surface area contributed by atoms with Gasteiger partial charge < -0.3 is 9.47 Å². The first-order chi connectivity index (χ1) is 7.06. The van der Waals surface area contributed by atoms with Crippen molar-refractivity contribution in [2.75, 3.05) is 13.7 Å². The van der Waals surface area contributed by atoms with Gasteiger partial charge in [-0.1, -0.05) is 20.3 Å². The highest BCUT2D eigenvalue weighted by Crippen LogP contribution is 2.08. The molecule has 1 unspecified atom stereocenters. The van der Waals surface area contributed by atoms with Gasteiger partial charge in [-0.05, 0) is 25.7 Å². The zero-order chi connectivity index (χ0) is 11.7. The second-order valence-corrected chi connectivity index (χ2v) is 4.36. The predicted octanol–water partition coefficient (Wildman–Crippen LogP) is 2.78. The minimum atomic E-state index is -0.120. The van der Waals surface area contributed by atoms with Crippen LogP contribution in [0.1, 0.15) is 46.5 Å². The van der Waals surface area contributed by atoms with Gasteiger partial charge in [0.2, 0.25) is 0 Å². The number of hydrogen-bond donors (Lipinski definition) is 0. The van der Waals surface area contributed by atoms with Gasteiger partial charge in [-0.2, -0.15) is 0 Å². The van der Waals surface area contributed by atoms with Crippen LogP contribution in [-0.4, -0.2) is 25.8 Å². The number of unbranched alkanes of at least 4 members (excludes halogenated alkanes) is 1. The Labute approximate surface area is 93.1 Å². The molecule has 0 aliphatic heterocycles. The Balaban J connectivity index is 3.31. The van der Waals surface area contributed by atoms with E-state index in [-0.39, 0.29) is 5.97 Å². The summed E-state index contributed by atoms with van der Waals surface area (Å²) in [6, 6.07) is 0. The lowest BCUT2D eigenvalue weighted by Gasteiger charge is -2.14. The van der Waals surface area contributed by atoms with E-state index in [0.717, 1.165) is 25.9 Å². The summed E-state index contributed by atoms with van der Waals surface area (Å²) in [6.45, 7) is 7.19. The van der Waals surface area contributed by atoms with Gasteiger partial charge in [-0.3, -0.25) is 4.79 Å². The number of ether oxygens (including phenoxy) is 2. The van der Waals surface area contributed by atoms with Gasteiger partial charge in [0, 0.05) is 13.0 Å². The largest absolute Gasteiger partial charge is 0.469 e. The number of methoxy groups -OCH3 is 1. The van der Waals surface area contributed by atoms with Gasteiger partial charge >= 0.3 is 5.97 Å². The van der Waals surface area contributed by atoms with Crippen LogP contribution in [0.15, 0.2) is 0 Å². The van der Waals surface area contributed by atoms with E-state index in [2.05, 4.69) is 25.5 Å². The molecule has 0 aromatic rings. The Morgan fingerprint density at radius 1 is 1.20 bits per heavy atom. The van der Waals surface area contributed by atoms with E-state index in [1.165, 1.54) is 7.11 Å².